The molecule has 0 fully saturated rings. The SMILES string of the molecule is CCC[CH2][Sn]([C]#CC(CCO)C(C)C)([CH2]CCC)[CH2]CCC. The molecule has 0 aliphatic rings. The Morgan fingerprint density at radius 2 is 1.32 bits per heavy atom. The van der Waals surface area contributed by atoms with Gasteiger partial charge >= 0.3 is 145 Å². The molecule has 0 aliphatic heterocycles. The second-order valence-electron chi connectivity index (χ2n) is 7.22. The summed E-state index contributed by atoms with van der Waals surface area (Å²) in [7, 11) is 0. The van der Waals surface area contributed by atoms with E-state index in [9.17, 15) is 5.11 Å². The normalized spacial score (nSPS) is 13.0. The van der Waals surface area contributed by atoms with Crippen LogP contribution in [0.1, 0.15) is 79.6 Å². The average Bonchev–Trinajstić information content (AvgIpc) is 2.51. The average molecular weight is 415 g/mol. The Balaban J connectivity index is 5.20. The molecule has 2 heteroatoms. The molecular weight excluding hydrogens is 375 g/mol. The molecule has 0 radical (unpaired) electrons. The van der Waals surface area contributed by atoms with Gasteiger partial charge in [0.05, 0.1) is 0 Å². The van der Waals surface area contributed by atoms with Crippen molar-refractivity contribution in [3.05, 3.63) is 0 Å². The molecule has 1 N–H and O–H groups in total. The van der Waals surface area contributed by atoms with E-state index in [-0.39, 0.29) is 6.61 Å². The number of aliphatic hydroxyl groups excluding tert-OH is 1. The van der Waals surface area contributed by atoms with Crippen LogP contribution in [-0.4, -0.2) is 30.1 Å². The number of aliphatic hydroxyl groups is 1. The van der Waals surface area contributed by atoms with E-state index in [0.717, 1.165) is 6.42 Å². The fourth-order valence-electron chi connectivity index (χ4n) is 3.07. The molecular formula is C20H40OSn. The zero-order valence-electron chi connectivity index (χ0n) is 15.9. The summed E-state index contributed by atoms with van der Waals surface area (Å²) in [5.41, 5.74) is 0. The van der Waals surface area contributed by atoms with Crippen LogP contribution in [0.25, 0.3) is 0 Å². The first kappa shape index (κ1) is 22.3. The van der Waals surface area contributed by atoms with Crippen LogP contribution in [0.2, 0.25) is 13.3 Å². The quantitative estimate of drug-likeness (QED) is 0.305. The first-order chi connectivity index (χ1) is 10.5. The van der Waals surface area contributed by atoms with Gasteiger partial charge in [0.1, 0.15) is 0 Å². The van der Waals surface area contributed by atoms with Gasteiger partial charge in [0.2, 0.25) is 0 Å². The number of rotatable bonds is 12. The first-order valence-electron chi connectivity index (χ1n) is 9.68. The summed E-state index contributed by atoms with van der Waals surface area (Å²) in [5.74, 6) is 4.63. The number of hydrogen-bond acceptors (Lipinski definition) is 1. The van der Waals surface area contributed by atoms with E-state index in [1.165, 1.54) is 51.8 Å². The Morgan fingerprint density at radius 3 is 1.64 bits per heavy atom. The van der Waals surface area contributed by atoms with Crippen molar-refractivity contribution >= 4 is 18.4 Å². The molecule has 22 heavy (non-hydrogen) atoms. The van der Waals surface area contributed by atoms with Crippen LogP contribution in [-0.2, 0) is 0 Å². The summed E-state index contributed by atoms with van der Waals surface area (Å²) in [6, 6.07) is 0. The zero-order valence-corrected chi connectivity index (χ0v) is 18.7. The van der Waals surface area contributed by atoms with E-state index in [0.29, 0.717) is 11.8 Å². The summed E-state index contributed by atoms with van der Waals surface area (Å²) in [6.07, 6.45) is 8.91. The molecule has 0 amide bonds. The van der Waals surface area contributed by atoms with Crippen molar-refractivity contribution in [3.8, 4) is 9.86 Å². The molecule has 0 aromatic carbocycles. The minimum absolute atomic E-state index is 0.277. The minimum atomic E-state index is -2.29. The Hall–Kier alpha value is 0.319. The Labute approximate surface area is 144 Å². The third kappa shape index (κ3) is 9.46. The molecule has 0 aliphatic carbocycles. The maximum absolute atomic E-state index is 9.29. The van der Waals surface area contributed by atoms with E-state index in [4.69, 9.17) is 0 Å². The van der Waals surface area contributed by atoms with Gasteiger partial charge in [-0.3, -0.25) is 0 Å². The molecule has 0 aromatic heterocycles. The molecule has 0 bridgehead atoms. The van der Waals surface area contributed by atoms with Crippen LogP contribution in [0.4, 0.5) is 0 Å². The van der Waals surface area contributed by atoms with Crippen LogP contribution in [0.15, 0.2) is 0 Å². The van der Waals surface area contributed by atoms with Crippen molar-refractivity contribution in [3.63, 3.8) is 0 Å². The fourth-order valence-corrected chi connectivity index (χ4v) is 16.5. The predicted octanol–water partition coefficient (Wildman–Crippen LogP) is 6.03. The van der Waals surface area contributed by atoms with Gasteiger partial charge in [0.15, 0.2) is 0 Å². The standard InChI is InChI=1S/C8H13O.3C4H9.Sn/c1-4-8(5-6-9)7(2)3;3*1-3-4-2;/h7-9H,5-6H2,2-3H3;3*1,3-4H2,2H3;. The van der Waals surface area contributed by atoms with E-state index >= 15 is 0 Å². The fraction of sp³-hybridized carbons (Fsp3) is 0.900. The van der Waals surface area contributed by atoms with Gasteiger partial charge in [-0.15, -0.1) is 0 Å². The summed E-state index contributed by atoms with van der Waals surface area (Å²) in [5, 5.41) is 9.29. The molecule has 1 atom stereocenters. The van der Waals surface area contributed by atoms with Gasteiger partial charge < -0.3 is 0 Å². The van der Waals surface area contributed by atoms with E-state index in [1.807, 2.05) is 0 Å². The zero-order chi connectivity index (χ0) is 16.8. The van der Waals surface area contributed by atoms with Crippen molar-refractivity contribution < 1.29 is 5.11 Å². The summed E-state index contributed by atoms with van der Waals surface area (Å²) in [6.45, 7) is 11.7. The van der Waals surface area contributed by atoms with Crippen LogP contribution in [0, 0.1) is 21.7 Å². The van der Waals surface area contributed by atoms with E-state index < -0.39 is 18.4 Å². The molecule has 130 valence electrons. The van der Waals surface area contributed by atoms with Crippen molar-refractivity contribution in [1.82, 2.24) is 0 Å². The van der Waals surface area contributed by atoms with Crippen LogP contribution >= 0.6 is 0 Å². The third-order valence-corrected chi connectivity index (χ3v) is 17.9. The van der Waals surface area contributed by atoms with Gasteiger partial charge in [0.25, 0.3) is 0 Å². The van der Waals surface area contributed by atoms with Crippen molar-refractivity contribution in [2.75, 3.05) is 6.61 Å². The molecule has 1 unspecified atom stereocenters. The number of unbranched alkanes of at least 4 members (excludes halogenated alkanes) is 3. The predicted molar refractivity (Wildman–Crippen MR) is 103 cm³/mol. The summed E-state index contributed by atoms with van der Waals surface area (Å²) in [4.78, 5) is 0. The monoisotopic (exact) mass is 416 g/mol. The molecule has 0 aromatic rings. The Morgan fingerprint density at radius 1 is 0.864 bits per heavy atom. The topological polar surface area (TPSA) is 20.2 Å². The van der Waals surface area contributed by atoms with E-state index in [1.54, 1.807) is 0 Å². The third-order valence-electron chi connectivity index (χ3n) is 4.79. The molecule has 0 spiro atoms. The van der Waals surface area contributed by atoms with Crippen LogP contribution in [0.3, 0.4) is 0 Å². The molecule has 0 heterocycles. The molecule has 0 saturated carbocycles. The van der Waals surface area contributed by atoms with Gasteiger partial charge in [0, 0.05) is 0 Å². The van der Waals surface area contributed by atoms with Gasteiger partial charge in [-0.1, -0.05) is 0 Å². The summed E-state index contributed by atoms with van der Waals surface area (Å²) >= 11 is -2.29. The van der Waals surface area contributed by atoms with Crippen molar-refractivity contribution in [1.29, 1.82) is 0 Å². The van der Waals surface area contributed by atoms with Crippen LogP contribution in [0.5, 0.6) is 0 Å². The number of hydrogen-bond donors (Lipinski definition) is 1. The second-order valence-corrected chi connectivity index (χ2v) is 19.5. The van der Waals surface area contributed by atoms with Gasteiger partial charge in [-0.25, -0.2) is 0 Å². The van der Waals surface area contributed by atoms with Crippen molar-refractivity contribution in [2.24, 2.45) is 11.8 Å². The molecule has 0 rings (SSSR count). The maximum atomic E-state index is 9.29. The molecule has 0 saturated heterocycles. The van der Waals surface area contributed by atoms with E-state index in [2.05, 4.69) is 44.5 Å². The van der Waals surface area contributed by atoms with Gasteiger partial charge in [-0.05, 0) is 0 Å². The van der Waals surface area contributed by atoms with Crippen LogP contribution < -0.4 is 0 Å². The Bertz CT molecular complexity index is 292. The first-order valence-corrected chi connectivity index (χ1v) is 17.2. The second kappa shape index (κ2) is 13.7. The Kier molecular flexibility index (Phi) is 13.9. The summed E-state index contributed by atoms with van der Waals surface area (Å²) < 4.78 is 8.33. The van der Waals surface area contributed by atoms with Crippen molar-refractivity contribution in [2.45, 2.75) is 92.9 Å². The molecule has 1 nitrogen and oxygen atoms in total. The van der Waals surface area contributed by atoms with Gasteiger partial charge in [-0.2, -0.15) is 0 Å².